The van der Waals surface area contributed by atoms with Crippen LogP contribution >= 0.6 is 0 Å². The lowest BCUT2D eigenvalue weighted by Gasteiger charge is -2.30. The van der Waals surface area contributed by atoms with Crippen LogP contribution in [-0.2, 0) is 11.2 Å². The fourth-order valence-corrected chi connectivity index (χ4v) is 2.72. The average molecular weight is 290 g/mol. The minimum atomic E-state index is 0.228. The molecule has 0 atom stereocenters. The monoisotopic (exact) mass is 290 g/mol. The fourth-order valence-electron chi connectivity index (χ4n) is 2.72. The molecule has 0 aromatic heterocycles. The number of benzene rings is 1. The number of nitrogens with zero attached hydrogens (tertiary/aromatic N) is 1. The third kappa shape index (κ3) is 4.21. The molecule has 0 radical (unpaired) electrons. The Hall–Kier alpha value is -1.55. The summed E-state index contributed by atoms with van der Waals surface area (Å²) in [4.78, 5) is 14.4. The highest BCUT2D eigenvalue weighted by molar-refractivity contribution is 5.94. The average Bonchev–Trinajstić information content (AvgIpc) is 2.49. The van der Waals surface area contributed by atoms with Gasteiger partial charge in [-0.05, 0) is 49.6 Å². The van der Waals surface area contributed by atoms with E-state index < -0.39 is 0 Å². The van der Waals surface area contributed by atoms with Gasteiger partial charge in [-0.2, -0.15) is 0 Å². The van der Waals surface area contributed by atoms with Crippen molar-refractivity contribution in [2.45, 2.75) is 45.6 Å². The summed E-state index contributed by atoms with van der Waals surface area (Å²) < 4.78 is 5.27. The van der Waals surface area contributed by atoms with Crippen LogP contribution < -0.4 is 15.0 Å². The van der Waals surface area contributed by atoms with Crippen LogP contribution in [0.2, 0.25) is 0 Å². The van der Waals surface area contributed by atoms with Crippen LogP contribution in [0.1, 0.15) is 38.7 Å². The van der Waals surface area contributed by atoms with Crippen molar-refractivity contribution in [1.82, 2.24) is 5.32 Å². The van der Waals surface area contributed by atoms with Gasteiger partial charge in [0.25, 0.3) is 0 Å². The number of nitrogens with one attached hydrogen (secondary N) is 1. The standard InChI is InChI=1S/C17H26N2O2/c1-13(2)18-10-4-7-17(20)19-11-5-6-14-12-15(21-3)8-9-16(14)19/h8-9,12-13,18H,4-7,10-11H2,1-3H3. The second-order valence-corrected chi connectivity index (χ2v) is 5.86. The number of anilines is 1. The summed E-state index contributed by atoms with van der Waals surface area (Å²) in [5, 5.41) is 3.35. The van der Waals surface area contributed by atoms with Crippen LogP contribution in [0.25, 0.3) is 0 Å². The van der Waals surface area contributed by atoms with Gasteiger partial charge < -0.3 is 15.0 Å². The Bertz CT molecular complexity index is 486. The predicted molar refractivity (Wildman–Crippen MR) is 86.0 cm³/mol. The second-order valence-electron chi connectivity index (χ2n) is 5.86. The molecule has 1 aromatic carbocycles. The zero-order valence-corrected chi connectivity index (χ0v) is 13.3. The first-order valence-electron chi connectivity index (χ1n) is 7.82. The molecule has 116 valence electrons. The predicted octanol–water partition coefficient (Wildman–Crippen LogP) is 2.75. The summed E-state index contributed by atoms with van der Waals surface area (Å²) in [5.41, 5.74) is 2.28. The van der Waals surface area contributed by atoms with Gasteiger partial charge in [-0.3, -0.25) is 4.79 Å². The molecule has 1 aromatic rings. The number of carbonyl (C=O) groups is 1. The molecule has 0 spiro atoms. The van der Waals surface area contributed by atoms with Gasteiger partial charge >= 0.3 is 0 Å². The lowest BCUT2D eigenvalue weighted by Crippen LogP contribution is -2.36. The Morgan fingerprint density at radius 2 is 2.24 bits per heavy atom. The van der Waals surface area contributed by atoms with E-state index in [1.807, 2.05) is 17.0 Å². The Morgan fingerprint density at radius 1 is 1.43 bits per heavy atom. The third-order valence-corrected chi connectivity index (χ3v) is 3.83. The zero-order chi connectivity index (χ0) is 15.2. The molecule has 21 heavy (non-hydrogen) atoms. The molecule has 2 rings (SSSR count). The number of methoxy groups -OCH3 is 1. The highest BCUT2D eigenvalue weighted by Crippen LogP contribution is 2.30. The normalized spacial score (nSPS) is 14.2. The molecule has 0 saturated heterocycles. The van der Waals surface area contributed by atoms with Gasteiger partial charge in [0.1, 0.15) is 5.75 Å². The Labute approximate surface area is 127 Å². The van der Waals surface area contributed by atoms with E-state index in [-0.39, 0.29) is 5.91 Å². The van der Waals surface area contributed by atoms with E-state index in [0.717, 1.165) is 43.8 Å². The van der Waals surface area contributed by atoms with Gasteiger partial charge in [0, 0.05) is 24.7 Å². The minimum Gasteiger partial charge on any atom is -0.497 e. The number of carbonyl (C=O) groups excluding carboxylic acids is 1. The molecule has 4 nitrogen and oxygen atoms in total. The Balaban J connectivity index is 1.97. The number of aryl methyl sites for hydroxylation is 1. The molecule has 1 aliphatic rings. The van der Waals surface area contributed by atoms with Gasteiger partial charge in [0.15, 0.2) is 0 Å². The third-order valence-electron chi connectivity index (χ3n) is 3.83. The minimum absolute atomic E-state index is 0.228. The first-order valence-corrected chi connectivity index (χ1v) is 7.82. The van der Waals surface area contributed by atoms with Gasteiger partial charge in [-0.25, -0.2) is 0 Å². The molecule has 0 aliphatic carbocycles. The zero-order valence-electron chi connectivity index (χ0n) is 13.3. The van der Waals surface area contributed by atoms with Gasteiger partial charge in [-0.15, -0.1) is 0 Å². The molecule has 0 unspecified atom stereocenters. The van der Waals surface area contributed by atoms with Gasteiger partial charge in [0.2, 0.25) is 5.91 Å². The number of fused-ring (bicyclic) bond motifs is 1. The topological polar surface area (TPSA) is 41.6 Å². The van der Waals surface area contributed by atoms with Crippen LogP contribution in [0.15, 0.2) is 18.2 Å². The first-order chi connectivity index (χ1) is 10.1. The summed E-state index contributed by atoms with van der Waals surface area (Å²) in [6.07, 6.45) is 3.53. The quantitative estimate of drug-likeness (QED) is 0.819. The van der Waals surface area contributed by atoms with Crippen molar-refractivity contribution in [2.75, 3.05) is 25.1 Å². The van der Waals surface area contributed by atoms with Crippen molar-refractivity contribution in [2.24, 2.45) is 0 Å². The van der Waals surface area contributed by atoms with Crippen LogP contribution in [0.5, 0.6) is 5.75 Å². The van der Waals surface area contributed by atoms with Gasteiger partial charge in [-0.1, -0.05) is 13.8 Å². The number of rotatable bonds is 6. The maximum Gasteiger partial charge on any atom is 0.227 e. The molecule has 4 heteroatoms. The first kappa shape index (κ1) is 15.8. The van der Waals surface area contributed by atoms with Crippen LogP contribution in [0.3, 0.4) is 0 Å². The lowest BCUT2D eigenvalue weighted by molar-refractivity contribution is -0.118. The van der Waals surface area contributed by atoms with E-state index in [1.165, 1.54) is 5.56 Å². The molecular formula is C17H26N2O2. The number of hydrogen-bond donors (Lipinski definition) is 1. The van der Waals surface area contributed by atoms with Crippen molar-refractivity contribution < 1.29 is 9.53 Å². The van der Waals surface area contributed by atoms with Crippen LogP contribution in [0, 0.1) is 0 Å². The summed E-state index contributed by atoms with van der Waals surface area (Å²) >= 11 is 0. The summed E-state index contributed by atoms with van der Waals surface area (Å²) in [5.74, 6) is 1.09. The maximum absolute atomic E-state index is 12.4. The van der Waals surface area contributed by atoms with E-state index in [2.05, 4.69) is 25.2 Å². The highest BCUT2D eigenvalue weighted by atomic mass is 16.5. The fraction of sp³-hybridized carbons (Fsp3) is 0.588. The molecule has 1 amide bonds. The van der Waals surface area contributed by atoms with Crippen molar-refractivity contribution >= 4 is 11.6 Å². The molecular weight excluding hydrogens is 264 g/mol. The molecule has 0 fully saturated rings. The van der Waals surface area contributed by atoms with Crippen molar-refractivity contribution in [3.63, 3.8) is 0 Å². The Kier molecular flexibility index (Phi) is 5.62. The van der Waals surface area contributed by atoms with E-state index in [1.54, 1.807) is 7.11 Å². The smallest absolute Gasteiger partial charge is 0.227 e. The van der Waals surface area contributed by atoms with Gasteiger partial charge in [0.05, 0.1) is 7.11 Å². The molecule has 0 bridgehead atoms. The summed E-state index contributed by atoms with van der Waals surface area (Å²) in [7, 11) is 1.68. The SMILES string of the molecule is COc1ccc2c(c1)CCCN2C(=O)CCCNC(C)C. The summed E-state index contributed by atoms with van der Waals surface area (Å²) in [6, 6.07) is 6.47. The van der Waals surface area contributed by atoms with E-state index in [0.29, 0.717) is 12.5 Å². The molecule has 1 aliphatic heterocycles. The largest absolute Gasteiger partial charge is 0.497 e. The summed E-state index contributed by atoms with van der Waals surface area (Å²) in [6.45, 7) is 5.97. The highest BCUT2D eigenvalue weighted by Gasteiger charge is 2.22. The van der Waals surface area contributed by atoms with Crippen molar-refractivity contribution in [3.05, 3.63) is 23.8 Å². The molecule has 0 saturated carbocycles. The van der Waals surface area contributed by atoms with Crippen LogP contribution in [-0.4, -0.2) is 32.1 Å². The molecule has 1 N–H and O–H groups in total. The van der Waals surface area contributed by atoms with E-state index >= 15 is 0 Å². The van der Waals surface area contributed by atoms with E-state index in [9.17, 15) is 4.79 Å². The van der Waals surface area contributed by atoms with Crippen molar-refractivity contribution in [1.29, 1.82) is 0 Å². The maximum atomic E-state index is 12.4. The second kappa shape index (κ2) is 7.46. The number of amides is 1. The number of hydrogen-bond acceptors (Lipinski definition) is 3. The lowest BCUT2D eigenvalue weighted by atomic mass is 10.0. The molecule has 1 heterocycles. The van der Waals surface area contributed by atoms with Crippen molar-refractivity contribution in [3.8, 4) is 5.75 Å². The van der Waals surface area contributed by atoms with Crippen LogP contribution in [0.4, 0.5) is 5.69 Å². The Morgan fingerprint density at radius 3 is 2.95 bits per heavy atom. The number of ether oxygens (including phenoxy) is 1. The van der Waals surface area contributed by atoms with E-state index in [4.69, 9.17) is 4.74 Å².